The molecule has 0 saturated carbocycles. The normalized spacial score (nSPS) is 48.5. The van der Waals surface area contributed by atoms with Crippen molar-refractivity contribution in [1.29, 1.82) is 0 Å². The van der Waals surface area contributed by atoms with Crippen molar-refractivity contribution in [1.82, 2.24) is 20.6 Å². The van der Waals surface area contributed by atoms with E-state index in [9.17, 15) is 117 Å². The molecule has 21 fully saturated rings. The summed E-state index contributed by atoms with van der Waals surface area (Å²) in [6.07, 6.45) is -69.6. The first kappa shape index (κ1) is 73.0. The van der Waals surface area contributed by atoms with E-state index in [0.29, 0.717) is 5.69 Å². The summed E-state index contributed by atoms with van der Waals surface area (Å²) in [4.78, 5) is 31.6. The van der Waals surface area contributed by atoms with E-state index >= 15 is 0 Å². The van der Waals surface area contributed by atoms with Gasteiger partial charge in [-0.2, -0.15) is 0 Å². The van der Waals surface area contributed by atoms with Crippen LogP contribution < -0.4 is 10.6 Å². The zero-order chi connectivity index (χ0) is 66.7. The van der Waals surface area contributed by atoms with Crippen molar-refractivity contribution < 1.29 is 183 Å². The van der Waals surface area contributed by atoms with E-state index in [2.05, 4.69) is 20.6 Å². The van der Waals surface area contributed by atoms with E-state index in [1.807, 2.05) is 0 Å². The van der Waals surface area contributed by atoms with Crippen LogP contribution in [0.5, 0.6) is 0 Å². The predicted octanol–water partition coefficient (Wildman–Crippen LogP) is -15.7. The Balaban J connectivity index is 0.990. The Morgan fingerprint density at radius 2 is 0.641 bits per heavy atom. The van der Waals surface area contributed by atoms with Crippen molar-refractivity contribution in [2.75, 3.05) is 52.7 Å². The summed E-state index contributed by atoms with van der Waals surface area (Å²) in [5, 5.41) is 239. The maximum atomic E-state index is 13.0. The monoisotopic (exact) mass is 1340 g/mol. The maximum Gasteiger partial charge on any atom is 0.326 e. The molecular weight excluding hydrogens is 1260 g/mol. The summed E-state index contributed by atoms with van der Waals surface area (Å²) in [6, 6.07) is -1.40. The molecule has 24 N–H and O–H groups in total. The van der Waals surface area contributed by atoms with E-state index in [1.54, 1.807) is 0 Å². The van der Waals surface area contributed by atoms with Gasteiger partial charge in [-0.05, 0) is 0 Å². The highest BCUT2D eigenvalue weighted by molar-refractivity contribution is 5.83. The number of hydrogen-bond acceptors (Lipinski definition) is 38. The number of imidazole rings is 1. The van der Waals surface area contributed by atoms with E-state index in [1.165, 1.54) is 12.5 Å². The number of carboxylic acid groups (broad SMARTS) is 1. The highest BCUT2D eigenvalue weighted by Crippen LogP contribution is 2.39. The Kier molecular flexibility index (Phi) is 25.4. The van der Waals surface area contributed by atoms with Crippen LogP contribution in [0.1, 0.15) is 12.1 Å². The lowest BCUT2D eigenvalue weighted by molar-refractivity contribution is -0.396. The van der Waals surface area contributed by atoms with Gasteiger partial charge in [0.05, 0.1) is 46.0 Å². The van der Waals surface area contributed by atoms with Crippen LogP contribution >= 0.6 is 0 Å². The van der Waals surface area contributed by atoms with Gasteiger partial charge in [0.2, 0.25) is 5.91 Å². The van der Waals surface area contributed by atoms with Crippen LogP contribution in [0.25, 0.3) is 0 Å². The Morgan fingerprint density at radius 1 is 0.391 bits per heavy atom. The van der Waals surface area contributed by atoms with Crippen LogP contribution in [0.15, 0.2) is 12.5 Å². The van der Waals surface area contributed by atoms with Crippen molar-refractivity contribution in [3.05, 3.63) is 18.2 Å². The third-order valence-corrected chi connectivity index (χ3v) is 17.1. The zero-order valence-electron chi connectivity index (χ0n) is 48.4. The molecule has 1 aromatic rings. The number of carboxylic acids is 1. The molecule has 0 spiro atoms. The second-order valence-electron chi connectivity index (χ2n) is 23.2. The summed E-state index contributed by atoms with van der Waals surface area (Å²) in [5.41, 5.74) is 0.390. The molecule has 14 bridgehead atoms. The molecular formula is C51H82N4O37. The Morgan fingerprint density at radius 3 is 0.870 bits per heavy atom. The van der Waals surface area contributed by atoms with Gasteiger partial charge in [0.1, 0.15) is 177 Å². The second-order valence-corrected chi connectivity index (χ2v) is 23.2. The summed E-state index contributed by atoms with van der Waals surface area (Å²) in [7, 11) is 0. The minimum atomic E-state index is -2.27. The van der Waals surface area contributed by atoms with Gasteiger partial charge >= 0.3 is 5.97 Å². The molecule has 41 nitrogen and oxygen atoms in total. The van der Waals surface area contributed by atoms with Gasteiger partial charge in [-0.25, -0.2) is 9.78 Å². The number of H-pyrrole nitrogens is 1. The zero-order valence-corrected chi connectivity index (χ0v) is 48.4. The molecule has 0 radical (unpaired) electrons. The minimum absolute atomic E-state index is 0.170. The van der Waals surface area contributed by atoms with Crippen molar-refractivity contribution in [3.63, 3.8) is 0 Å². The lowest BCUT2D eigenvalue weighted by Crippen LogP contribution is -2.68. The lowest BCUT2D eigenvalue weighted by atomic mass is 9.95. The number of aromatic amines is 1. The molecule has 528 valence electrons. The van der Waals surface area contributed by atoms with Gasteiger partial charge in [0.25, 0.3) is 0 Å². The standard InChI is InChI=1S/C51H82N4O37/c56-6-16-38-25(65)32(72)47(81-16)89-40-18(8-58)83-49(34(74)27(40)67)91-42-20(10-60)85-51(36(76)29(42)69)92-43-21(11-61)84-50(35(75)28(43)68)90-41-19(9-59)82-48(33(73)26(41)66)88-39-17(7-57)80-46(31(71)24(39)64)86-37-15(79-45(87-38)30(70)23(37)63)5-52-2-1-22(62)55-14(44(77)78)3-13-4-53-12-54-13/h4,12,14-21,23-43,45-52,56-61,63-76H,1-3,5-11H2,(H,53,54)(H,55,62)(H,77,78)/t14?,15-,16+,17+,18+,19+,20+,21+,23-,24+,25+,26+,27+,28+,29+,30-,31+,32+,33+,34+,35+,36+,37-,38+,39+,40+,41+,42+,43+,45-,46+,47+,48+,49+,50+,51+/m1/s1. The summed E-state index contributed by atoms with van der Waals surface area (Å²) in [6.45, 7) is -7.27. The highest BCUT2D eigenvalue weighted by Gasteiger charge is 2.59. The third kappa shape index (κ3) is 15.5. The Bertz CT molecular complexity index is 2440. The average molecular weight is 1340 g/mol. The fourth-order valence-corrected chi connectivity index (χ4v) is 12.0. The molecule has 36 atom stereocenters. The van der Waals surface area contributed by atoms with Crippen LogP contribution in [0, 0.1) is 0 Å². The largest absolute Gasteiger partial charge is 0.480 e. The highest BCUT2D eigenvalue weighted by atomic mass is 16.8. The number of aliphatic hydroxyl groups is 20. The molecule has 1 amide bonds. The SMILES string of the molecule is O=C(CCNC[C@H]1O[C@@H]2O[C@@H]3[C@@H](O)[C@H](O)[C@H](O[C@@H]4[C@@H](O)[C@H](O)[C@H](O[C@@H]5[C@@H](O)[C@H](O)[C@H](O[C@@H]6[C@@H](O)[C@H](O)[C@H](O[C@@H]7[C@@H](O)[C@H](O)[C@H](O[C@@H]8[C@@H](O)[C@H](O)[C@H](O[C@H]1[C@H](O)[C@H]2O)O[C@H]8CO)O[C@H]7CO)O[C@H]6CO)O[C@H]5CO)O[C@H]4CO)O[C@H]3CO)NC(Cc1cnc[nH]1)C(=O)O. The van der Waals surface area contributed by atoms with E-state index in [-0.39, 0.29) is 13.0 Å². The van der Waals surface area contributed by atoms with Crippen LogP contribution in [0.4, 0.5) is 0 Å². The van der Waals surface area contributed by atoms with Gasteiger partial charge in [-0.1, -0.05) is 0 Å². The number of aromatic nitrogens is 2. The maximum absolute atomic E-state index is 13.0. The van der Waals surface area contributed by atoms with Gasteiger partial charge in [-0.15, -0.1) is 0 Å². The topological polar surface area (TPSA) is 641 Å². The molecule has 22 heterocycles. The fourth-order valence-electron chi connectivity index (χ4n) is 12.0. The molecule has 21 aliphatic rings. The molecule has 21 aliphatic heterocycles. The van der Waals surface area contributed by atoms with Crippen molar-refractivity contribution in [3.8, 4) is 0 Å². The van der Waals surface area contributed by atoms with Gasteiger partial charge < -0.3 is 189 Å². The summed E-state index contributed by atoms with van der Waals surface area (Å²) < 4.78 is 81.1. The van der Waals surface area contributed by atoms with E-state index in [4.69, 9.17) is 66.3 Å². The fraction of sp³-hybridized carbons (Fsp3) is 0.902. The minimum Gasteiger partial charge on any atom is -0.480 e. The first-order valence-corrected chi connectivity index (χ1v) is 29.4. The number of aliphatic hydroxyl groups excluding tert-OH is 20. The number of carbonyl (C=O) groups is 2. The van der Waals surface area contributed by atoms with Crippen molar-refractivity contribution >= 4 is 11.9 Å². The van der Waals surface area contributed by atoms with Crippen LogP contribution in [0.3, 0.4) is 0 Å². The predicted molar refractivity (Wildman–Crippen MR) is 281 cm³/mol. The smallest absolute Gasteiger partial charge is 0.326 e. The third-order valence-electron chi connectivity index (χ3n) is 17.1. The van der Waals surface area contributed by atoms with Gasteiger partial charge in [0.15, 0.2) is 44.0 Å². The number of amides is 1. The van der Waals surface area contributed by atoms with E-state index in [0.717, 1.165) is 0 Å². The molecule has 1 unspecified atom stereocenters. The number of nitrogens with one attached hydrogen (secondary N) is 3. The van der Waals surface area contributed by atoms with Crippen LogP contribution in [0.2, 0.25) is 0 Å². The Hall–Kier alpha value is -3.25. The quantitative estimate of drug-likeness (QED) is 0.0725. The molecule has 1 aromatic heterocycles. The first-order valence-electron chi connectivity index (χ1n) is 29.4. The molecule has 92 heavy (non-hydrogen) atoms. The van der Waals surface area contributed by atoms with Crippen molar-refractivity contribution in [2.45, 2.75) is 234 Å². The van der Waals surface area contributed by atoms with E-state index < -0.39 is 285 Å². The summed E-state index contributed by atoms with van der Waals surface area (Å²) >= 11 is 0. The second kappa shape index (κ2) is 32.0. The average Bonchev–Trinajstić information content (AvgIpc) is 0.836. The number of aliphatic carboxylic acids is 1. The van der Waals surface area contributed by atoms with Gasteiger partial charge in [0, 0.05) is 37.8 Å². The number of carbonyl (C=O) groups excluding carboxylic acids is 1. The molecule has 0 aliphatic carbocycles. The lowest BCUT2D eigenvalue weighted by Gasteiger charge is -2.50. The van der Waals surface area contributed by atoms with Gasteiger partial charge in [-0.3, -0.25) is 4.79 Å². The van der Waals surface area contributed by atoms with Crippen LogP contribution in [-0.4, -0.2) is 403 Å². The molecule has 22 rings (SSSR count). The first-order chi connectivity index (χ1) is 43.9. The number of rotatable bonds is 15. The summed E-state index contributed by atoms with van der Waals surface area (Å²) in [5.74, 6) is -2.14. The Labute approximate surface area is 519 Å². The molecule has 21 saturated heterocycles. The molecule has 41 heteroatoms. The van der Waals surface area contributed by atoms with Crippen LogP contribution in [-0.2, 0) is 82.3 Å². The number of hydrogen-bond donors (Lipinski definition) is 24. The number of nitrogens with zero attached hydrogens (tertiary/aromatic N) is 1. The number of ether oxygens (including phenoxy) is 14. The van der Waals surface area contributed by atoms with Crippen molar-refractivity contribution in [2.24, 2.45) is 0 Å². The molecule has 0 aromatic carbocycles.